The van der Waals surface area contributed by atoms with E-state index in [0.717, 1.165) is 35.6 Å². The molecule has 1 aliphatic carbocycles. The van der Waals surface area contributed by atoms with Crippen LogP contribution in [0.2, 0.25) is 0 Å². The molecule has 1 saturated carbocycles. The van der Waals surface area contributed by atoms with Crippen LogP contribution in [0.25, 0.3) is 22.5 Å². The highest BCUT2D eigenvalue weighted by Crippen LogP contribution is 2.36. The van der Waals surface area contributed by atoms with Crippen molar-refractivity contribution in [2.75, 3.05) is 23.3 Å². The number of carbonyl (C=O) groups is 1. The summed E-state index contributed by atoms with van der Waals surface area (Å²) in [4.78, 5) is 23.0. The minimum Gasteiger partial charge on any atom is -0.371 e. The molecule has 0 spiro atoms. The van der Waals surface area contributed by atoms with Gasteiger partial charge in [0.2, 0.25) is 18.1 Å². The predicted octanol–water partition coefficient (Wildman–Crippen LogP) is 6.17. The highest BCUT2D eigenvalue weighted by Gasteiger charge is 2.30. The van der Waals surface area contributed by atoms with E-state index in [0.29, 0.717) is 29.3 Å². The number of nitrogens with zero attached hydrogens (tertiary/aromatic N) is 4. The van der Waals surface area contributed by atoms with Crippen LogP contribution < -0.4 is 16.0 Å². The third-order valence-electron chi connectivity index (χ3n) is 8.49. The van der Waals surface area contributed by atoms with Gasteiger partial charge in [-0.25, -0.2) is 4.98 Å². The van der Waals surface area contributed by atoms with E-state index in [9.17, 15) is 4.79 Å². The molecule has 2 aliphatic rings. The molecule has 1 amide bonds. The molecule has 8 nitrogen and oxygen atoms in total. The Morgan fingerprint density at radius 1 is 0.950 bits per heavy atom. The van der Waals surface area contributed by atoms with Gasteiger partial charge in [0.25, 0.3) is 0 Å². The van der Waals surface area contributed by atoms with Crippen LogP contribution in [-0.2, 0) is 0 Å². The zero-order valence-corrected chi connectivity index (χ0v) is 22.7. The van der Waals surface area contributed by atoms with E-state index in [1.807, 2.05) is 30.5 Å². The van der Waals surface area contributed by atoms with Crippen LogP contribution >= 0.6 is 0 Å². The summed E-state index contributed by atoms with van der Waals surface area (Å²) in [7, 11) is 0. The standard InChI is InChI=1S/C32H36N6O2/c33-31(39)27-8-3-7-24(18-27)25-14-15-34-30(19-25)36-29-9-2-1-6-26(29)17-22-5-4-16-38(20-22)28-12-10-23(11-13-28)32-35-21-40-37-32/h3,7-8,10-15,18-19,21-22,26,29H,1-2,4-6,9,16-17,20H2,(H2,33,39)(H,34,36)/t22-,26+,29-/m1/s1. The fourth-order valence-electron chi connectivity index (χ4n) is 6.45. The molecule has 0 radical (unpaired) electrons. The number of benzene rings is 2. The summed E-state index contributed by atoms with van der Waals surface area (Å²) >= 11 is 0. The Labute approximate surface area is 235 Å². The first-order valence-corrected chi connectivity index (χ1v) is 14.4. The smallest absolute Gasteiger partial charge is 0.248 e. The topological polar surface area (TPSA) is 110 Å². The minimum absolute atomic E-state index is 0.415. The molecule has 0 unspecified atom stereocenters. The summed E-state index contributed by atoms with van der Waals surface area (Å²) < 4.78 is 4.89. The van der Waals surface area contributed by atoms with Gasteiger partial charge in [0, 0.05) is 42.1 Å². The van der Waals surface area contributed by atoms with Crippen molar-refractivity contribution in [2.45, 2.75) is 51.0 Å². The largest absolute Gasteiger partial charge is 0.371 e. The van der Waals surface area contributed by atoms with Crippen molar-refractivity contribution in [2.24, 2.45) is 17.6 Å². The number of rotatable bonds is 8. The number of carbonyl (C=O) groups excluding carboxylic acids is 1. The quantitative estimate of drug-likeness (QED) is 0.277. The Kier molecular flexibility index (Phi) is 7.75. The minimum atomic E-state index is -0.415. The number of amides is 1. The van der Waals surface area contributed by atoms with E-state index < -0.39 is 5.91 Å². The van der Waals surface area contributed by atoms with Crippen molar-refractivity contribution in [3.05, 3.63) is 78.8 Å². The number of anilines is 2. The van der Waals surface area contributed by atoms with Crippen molar-refractivity contribution in [1.82, 2.24) is 15.1 Å². The molecule has 1 aliphatic heterocycles. The molecule has 2 fully saturated rings. The molecular formula is C32H36N6O2. The number of nitrogens with one attached hydrogen (secondary N) is 1. The van der Waals surface area contributed by atoms with Crippen LogP contribution in [0.5, 0.6) is 0 Å². The van der Waals surface area contributed by atoms with E-state index in [2.05, 4.69) is 55.7 Å². The Bertz CT molecular complexity index is 1420. The number of primary amides is 1. The molecule has 0 bridgehead atoms. The third-order valence-corrected chi connectivity index (χ3v) is 8.49. The molecule has 3 N–H and O–H groups in total. The van der Waals surface area contributed by atoms with Crippen LogP contribution in [0.1, 0.15) is 55.3 Å². The van der Waals surface area contributed by atoms with Crippen LogP contribution in [0.3, 0.4) is 0 Å². The van der Waals surface area contributed by atoms with Gasteiger partial charge in [0.15, 0.2) is 0 Å². The van der Waals surface area contributed by atoms with Gasteiger partial charge in [-0.15, -0.1) is 0 Å². The molecule has 206 valence electrons. The number of hydrogen-bond donors (Lipinski definition) is 2. The monoisotopic (exact) mass is 536 g/mol. The fraction of sp³-hybridized carbons (Fsp3) is 0.375. The average molecular weight is 537 g/mol. The number of aromatic nitrogens is 3. The summed E-state index contributed by atoms with van der Waals surface area (Å²) in [5.41, 5.74) is 10.2. The normalized spacial score (nSPS) is 21.2. The zero-order valence-electron chi connectivity index (χ0n) is 22.7. The van der Waals surface area contributed by atoms with E-state index in [1.165, 1.54) is 57.0 Å². The lowest BCUT2D eigenvalue weighted by Crippen LogP contribution is -2.39. The summed E-state index contributed by atoms with van der Waals surface area (Å²) in [6, 6.07) is 20.5. The molecule has 1 saturated heterocycles. The summed E-state index contributed by atoms with van der Waals surface area (Å²) in [6.07, 6.45) is 11.9. The molecule has 6 rings (SSSR count). The van der Waals surface area contributed by atoms with E-state index >= 15 is 0 Å². The highest BCUT2D eigenvalue weighted by atomic mass is 16.5. The highest BCUT2D eigenvalue weighted by molar-refractivity contribution is 5.94. The van der Waals surface area contributed by atoms with Gasteiger partial charge in [-0.2, -0.15) is 4.98 Å². The van der Waals surface area contributed by atoms with Crippen molar-refractivity contribution in [3.63, 3.8) is 0 Å². The first-order valence-electron chi connectivity index (χ1n) is 14.4. The van der Waals surface area contributed by atoms with Gasteiger partial charge in [0.1, 0.15) is 5.82 Å². The maximum atomic E-state index is 11.7. The molecule has 4 aromatic rings. The van der Waals surface area contributed by atoms with Crippen LogP contribution in [0, 0.1) is 11.8 Å². The van der Waals surface area contributed by atoms with Gasteiger partial charge in [-0.05, 0) is 104 Å². The van der Waals surface area contributed by atoms with Crippen molar-refractivity contribution >= 4 is 17.4 Å². The molecule has 2 aromatic carbocycles. The zero-order chi connectivity index (χ0) is 27.3. The fourth-order valence-corrected chi connectivity index (χ4v) is 6.45. The molecule has 3 atom stereocenters. The van der Waals surface area contributed by atoms with Crippen molar-refractivity contribution in [1.29, 1.82) is 0 Å². The maximum Gasteiger partial charge on any atom is 0.248 e. The van der Waals surface area contributed by atoms with Crippen molar-refractivity contribution < 1.29 is 9.32 Å². The Morgan fingerprint density at radius 3 is 2.62 bits per heavy atom. The lowest BCUT2D eigenvalue weighted by molar-refractivity contribution is 0.100. The molecule has 8 heteroatoms. The molecule has 3 heterocycles. The number of piperidine rings is 1. The third kappa shape index (κ3) is 6.01. The first-order chi connectivity index (χ1) is 19.6. The second kappa shape index (κ2) is 11.9. The summed E-state index contributed by atoms with van der Waals surface area (Å²) in [6.45, 7) is 2.19. The van der Waals surface area contributed by atoms with E-state index in [1.54, 1.807) is 6.07 Å². The lowest BCUT2D eigenvalue weighted by Gasteiger charge is -2.39. The number of hydrogen-bond acceptors (Lipinski definition) is 7. The Hall–Kier alpha value is -4.20. The van der Waals surface area contributed by atoms with Crippen LogP contribution in [0.4, 0.5) is 11.5 Å². The summed E-state index contributed by atoms with van der Waals surface area (Å²) in [5.74, 6) is 2.40. The lowest BCUT2D eigenvalue weighted by atomic mass is 9.77. The predicted molar refractivity (Wildman–Crippen MR) is 157 cm³/mol. The van der Waals surface area contributed by atoms with Gasteiger partial charge >= 0.3 is 0 Å². The summed E-state index contributed by atoms with van der Waals surface area (Å²) in [5, 5.41) is 7.74. The Morgan fingerprint density at radius 2 is 1.80 bits per heavy atom. The molecule has 2 aromatic heterocycles. The molecular weight excluding hydrogens is 500 g/mol. The number of nitrogens with two attached hydrogens (primary N) is 1. The van der Waals surface area contributed by atoms with Gasteiger partial charge in [-0.3, -0.25) is 4.79 Å². The van der Waals surface area contributed by atoms with Crippen LogP contribution in [0.15, 0.2) is 77.8 Å². The van der Waals surface area contributed by atoms with Crippen LogP contribution in [-0.4, -0.2) is 40.2 Å². The average Bonchev–Trinajstić information content (AvgIpc) is 3.54. The second-order valence-corrected chi connectivity index (χ2v) is 11.2. The van der Waals surface area contributed by atoms with E-state index in [4.69, 9.17) is 10.3 Å². The SMILES string of the molecule is NC(=O)c1cccc(-c2ccnc(N[C@@H]3CCCC[C@H]3C[C@H]3CCCN(c4ccc(-c5ncon5)cc4)C3)c2)c1. The van der Waals surface area contributed by atoms with Gasteiger partial charge in [-0.1, -0.05) is 30.1 Å². The first kappa shape index (κ1) is 26.0. The van der Waals surface area contributed by atoms with Crippen molar-refractivity contribution in [3.8, 4) is 22.5 Å². The Balaban J connectivity index is 1.11. The van der Waals surface area contributed by atoms with Gasteiger partial charge < -0.3 is 20.5 Å². The maximum absolute atomic E-state index is 11.7. The molecule has 40 heavy (non-hydrogen) atoms. The van der Waals surface area contributed by atoms with E-state index in [-0.39, 0.29) is 0 Å². The number of pyridine rings is 1. The second-order valence-electron chi connectivity index (χ2n) is 11.2. The van der Waals surface area contributed by atoms with Gasteiger partial charge in [0.05, 0.1) is 0 Å².